The van der Waals surface area contributed by atoms with Crippen molar-refractivity contribution < 1.29 is 18.3 Å². The highest BCUT2D eigenvalue weighted by atomic mass is 32.2. The standard InChI is InChI=1S/C10H10N2O4S2/c1-6-3-7(2)12(11-6)18(15,16)8-4-9(10(13)14)17-5-8/h3-5H,1-2H3,(H,13,14). The second kappa shape index (κ2) is 4.21. The summed E-state index contributed by atoms with van der Waals surface area (Å²) in [4.78, 5) is 10.7. The maximum absolute atomic E-state index is 12.2. The van der Waals surface area contributed by atoms with E-state index in [0.29, 0.717) is 11.4 Å². The van der Waals surface area contributed by atoms with Gasteiger partial charge in [0.05, 0.1) is 11.4 Å². The second-order valence-electron chi connectivity index (χ2n) is 3.73. The van der Waals surface area contributed by atoms with Crippen LogP contribution >= 0.6 is 11.3 Å². The van der Waals surface area contributed by atoms with Crippen molar-refractivity contribution in [3.05, 3.63) is 33.8 Å². The van der Waals surface area contributed by atoms with Gasteiger partial charge in [-0.15, -0.1) is 11.3 Å². The summed E-state index contributed by atoms with van der Waals surface area (Å²) in [5.41, 5.74) is 1.07. The maximum Gasteiger partial charge on any atom is 0.345 e. The lowest BCUT2D eigenvalue weighted by molar-refractivity contribution is 0.0702. The molecule has 0 aliphatic carbocycles. The number of hydrogen-bond acceptors (Lipinski definition) is 5. The first-order valence-corrected chi connectivity index (χ1v) is 7.25. The van der Waals surface area contributed by atoms with E-state index >= 15 is 0 Å². The van der Waals surface area contributed by atoms with Crippen LogP contribution in [0.25, 0.3) is 0 Å². The Morgan fingerprint density at radius 2 is 2.06 bits per heavy atom. The highest BCUT2D eigenvalue weighted by Gasteiger charge is 2.23. The Bertz CT molecular complexity index is 712. The minimum atomic E-state index is -3.81. The molecule has 0 saturated heterocycles. The predicted molar refractivity (Wildman–Crippen MR) is 65.6 cm³/mol. The summed E-state index contributed by atoms with van der Waals surface area (Å²) in [6.07, 6.45) is 0. The number of aromatic carboxylic acids is 1. The van der Waals surface area contributed by atoms with Crippen molar-refractivity contribution in [1.82, 2.24) is 9.19 Å². The molecule has 0 aliphatic rings. The van der Waals surface area contributed by atoms with E-state index in [1.54, 1.807) is 19.9 Å². The van der Waals surface area contributed by atoms with Crippen molar-refractivity contribution in [3.63, 3.8) is 0 Å². The monoisotopic (exact) mass is 286 g/mol. The van der Waals surface area contributed by atoms with Gasteiger partial charge in [-0.3, -0.25) is 0 Å². The van der Waals surface area contributed by atoms with E-state index in [9.17, 15) is 13.2 Å². The van der Waals surface area contributed by atoms with Crippen LogP contribution in [0.1, 0.15) is 21.1 Å². The van der Waals surface area contributed by atoms with Gasteiger partial charge in [-0.05, 0) is 26.0 Å². The molecule has 0 aromatic carbocycles. The third-order valence-corrected chi connectivity index (χ3v) is 5.00. The number of carbonyl (C=O) groups is 1. The average molecular weight is 286 g/mol. The Kier molecular flexibility index (Phi) is 2.99. The van der Waals surface area contributed by atoms with Crippen LogP contribution in [0.4, 0.5) is 0 Å². The Morgan fingerprint density at radius 3 is 2.50 bits per heavy atom. The molecule has 2 rings (SSSR count). The van der Waals surface area contributed by atoms with E-state index in [-0.39, 0.29) is 9.77 Å². The van der Waals surface area contributed by atoms with Gasteiger partial charge >= 0.3 is 5.97 Å². The molecular formula is C10H10N2O4S2. The molecule has 18 heavy (non-hydrogen) atoms. The molecule has 2 aromatic rings. The van der Waals surface area contributed by atoms with Crippen LogP contribution in [0.15, 0.2) is 22.4 Å². The molecule has 2 heterocycles. The van der Waals surface area contributed by atoms with E-state index in [2.05, 4.69) is 5.10 Å². The zero-order chi connectivity index (χ0) is 13.5. The molecule has 0 amide bonds. The van der Waals surface area contributed by atoms with Crippen molar-refractivity contribution >= 4 is 27.3 Å². The zero-order valence-corrected chi connectivity index (χ0v) is 11.2. The Labute approximate surface area is 108 Å². The number of aromatic nitrogens is 2. The van der Waals surface area contributed by atoms with Crippen LogP contribution < -0.4 is 0 Å². The van der Waals surface area contributed by atoms with E-state index in [4.69, 9.17) is 5.11 Å². The molecule has 96 valence electrons. The summed E-state index contributed by atoms with van der Waals surface area (Å²) in [5, 5.41) is 14.0. The number of nitrogens with zero attached hydrogens (tertiary/aromatic N) is 2. The molecule has 0 radical (unpaired) electrons. The number of rotatable bonds is 3. The molecule has 8 heteroatoms. The number of carboxylic acid groups (broad SMARTS) is 1. The van der Waals surface area contributed by atoms with Crippen LogP contribution in [0.5, 0.6) is 0 Å². The molecular weight excluding hydrogens is 276 g/mol. The minimum absolute atomic E-state index is 0.0184. The van der Waals surface area contributed by atoms with Crippen LogP contribution in [0, 0.1) is 13.8 Å². The fourth-order valence-corrected chi connectivity index (χ4v) is 3.96. The Hall–Kier alpha value is -1.67. The molecule has 0 atom stereocenters. The number of thiophene rings is 1. The molecule has 0 bridgehead atoms. The van der Waals surface area contributed by atoms with Gasteiger partial charge in [-0.1, -0.05) is 0 Å². The Balaban J connectivity index is 2.54. The van der Waals surface area contributed by atoms with Gasteiger partial charge in [-0.2, -0.15) is 17.6 Å². The largest absolute Gasteiger partial charge is 0.477 e. The first-order chi connectivity index (χ1) is 8.32. The van der Waals surface area contributed by atoms with Gasteiger partial charge in [0.1, 0.15) is 9.77 Å². The summed E-state index contributed by atoms with van der Waals surface area (Å²) in [6, 6.07) is 2.78. The van der Waals surface area contributed by atoms with E-state index in [0.717, 1.165) is 21.5 Å². The smallest absolute Gasteiger partial charge is 0.345 e. The lowest BCUT2D eigenvalue weighted by Gasteiger charge is -2.03. The van der Waals surface area contributed by atoms with Crippen molar-refractivity contribution in [1.29, 1.82) is 0 Å². The fraction of sp³-hybridized carbons (Fsp3) is 0.200. The van der Waals surface area contributed by atoms with Crippen LogP contribution in [0.2, 0.25) is 0 Å². The van der Waals surface area contributed by atoms with Crippen LogP contribution in [-0.2, 0) is 10.0 Å². The number of aryl methyl sites for hydroxylation is 2. The number of carboxylic acids is 1. The van der Waals surface area contributed by atoms with Crippen molar-refractivity contribution in [2.75, 3.05) is 0 Å². The molecule has 0 saturated carbocycles. The summed E-state index contributed by atoms with van der Waals surface area (Å²) >= 11 is 0.872. The molecule has 6 nitrogen and oxygen atoms in total. The first kappa shape index (κ1) is 12.8. The number of hydrogen-bond donors (Lipinski definition) is 1. The zero-order valence-electron chi connectivity index (χ0n) is 9.61. The molecule has 0 unspecified atom stereocenters. The topological polar surface area (TPSA) is 89.3 Å². The maximum atomic E-state index is 12.2. The second-order valence-corrected chi connectivity index (χ2v) is 6.41. The lowest BCUT2D eigenvalue weighted by Crippen LogP contribution is -2.15. The SMILES string of the molecule is Cc1cc(C)n(S(=O)(=O)c2csc(C(=O)O)c2)n1. The quantitative estimate of drug-likeness (QED) is 0.923. The average Bonchev–Trinajstić information content (AvgIpc) is 2.85. The summed E-state index contributed by atoms with van der Waals surface area (Å²) in [6.45, 7) is 3.32. The van der Waals surface area contributed by atoms with Crippen molar-refractivity contribution in [2.24, 2.45) is 0 Å². The summed E-state index contributed by atoms with van der Waals surface area (Å²) in [7, 11) is -3.81. The third kappa shape index (κ3) is 2.04. The van der Waals surface area contributed by atoms with Crippen LogP contribution in [0.3, 0.4) is 0 Å². The van der Waals surface area contributed by atoms with Gasteiger partial charge in [0.2, 0.25) is 0 Å². The Morgan fingerprint density at radius 1 is 1.39 bits per heavy atom. The predicted octanol–water partition coefficient (Wildman–Crippen LogP) is 1.50. The highest BCUT2D eigenvalue weighted by molar-refractivity contribution is 7.90. The first-order valence-electron chi connectivity index (χ1n) is 4.93. The van der Waals surface area contributed by atoms with Gasteiger partial charge in [0.25, 0.3) is 10.0 Å². The highest BCUT2D eigenvalue weighted by Crippen LogP contribution is 2.22. The third-order valence-electron chi connectivity index (χ3n) is 2.28. The van der Waals surface area contributed by atoms with Crippen molar-refractivity contribution in [3.8, 4) is 0 Å². The molecule has 0 aliphatic heterocycles. The summed E-state index contributed by atoms with van der Waals surface area (Å²) < 4.78 is 25.3. The fourth-order valence-electron chi connectivity index (χ4n) is 1.52. The van der Waals surface area contributed by atoms with E-state index < -0.39 is 16.0 Å². The van der Waals surface area contributed by atoms with Gasteiger partial charge in [-0.25, -0.2) is 4.79 Å². The molecule has 0 fully saturated rings. The van der Waals surface area contributed by atoms with Crippen molar-refractivity contribution in [2.45, 2.75) is 18.7 Å². The van der Waals surface area contributed by atoms with Gasteiger partial charge in [0.15, 0.2) is 0 Å². The van der Waals surface area contributed by atoms with Gasteiger partial charge in [0, 0.05) is 5.38 Å². The van der Waals surface area contributed by atoms with Crippen LogP contribution in [-0.4, -0.2) is 28.7 Å². The normalized spacial score (nSPS) is 11.7. The van der Waals surface area contributed by atoms with E-state index in [1.807, 2.05) is 0 Å². The van der Waals surface area contributed by atoms with E-state index in [1.165, 1.54) is 5.38 Å². The lowest BCUT2D eigenvalue weighted by atomic mass is 10.4. The molecule has 1 N–H and O–H groups in total. The minimum Gasteiger partial charge on any atom is -0.477 e. The summed E-state index contributed by atoms with van der Waals surface area (Å²) in [5.74, 6) is -1.14. The molecule has 0 spiro atoms. The van der Waals surface area contributed by atoms with Gasteiger partial charge < -0.3 is 5.11 Å². The molecule has 2 aromatic heterocycles.